The number of aliphatic carboxylic acids is 2. The van der Waals surface area contributed by atoms with Gasteiger partial charge >= 0.3 is 24.3 Å². The highest BCUT2D eigenvalue weighted by molar-refractivity contribution is 5.97. The SMILES string of the molecule is Cc1ccc2nc(C(=O)NC3CCCC(C)C3C)nc(NC3CCCCC3NC(=N)N)c2c1.O=C(O)C(F)(F)F.O=C(O)C(F)(F)F. The second-order valence-corrected chi connectivity index (χ2v) is 11.6. The van der Waals surface area contributed by atoms with E-state index in [1.54, 1.807) is 0 Å². The molecule has 1 heterocycles. The number of halogens is 6. The fourth-order valence-corrected chi connectivity index (χ4v) is 5.32. The number of carboxylic acids is 2. The molecule has 2 aliphatic rings. The Morgan fingerprint density at radius 1 is 0.851 bits per heavy atom. The van der Waals surface area contributed by atoms with Crippen molar-refractivity contribution in [2.24, 2.45) is 17.6 Å². The maximum atomic E-state index is 13.2. The Hall–Kier alpha value is -4.38. The lowest BCUT2D eigenvalue weighted by atomic mass is 9.78. The standard InChI is InChI=1S/C25H37N7O.2C2HF3O2/c1-14-11-12-19-17(13-14)22(29-20-8-4-5-9-21(20)31-25(26)27)32-23(28-19)24(33)30-18-10-6-7-15(2)16(18)3;2*3-2(4,5)1(6)7/h11-13,15-16,18,20-21H,4-10H2,1-3H3,(H,30,33)(H4,26,27,31)(H,28,29,32);2*(H,6,7). The van der Waals surface area contributed by atoms with Gasteiger partial charge in [-0.2, -0.15) is 26.3 Å². The van der Waals surface area contributed by atoms with Gasteiger partial charge in [0.1, 0.15) is 5.82 Å². The third-order valence-electron chi connectivity index (χ3n) is 7.99. The minimum atomic E-state index is -5.08. The Morgan fingerprint density at radius 2 is 1.38 bits per heavy atom. The van der Waals surface area contributed by atoms with E-state index in [4.69, 9.17) is 35.9 Å². The number of guanidine groups is 1. The Kier molecular flexibility index (Phi) is 13.6. The molecule has 47 heavy (non-hydrogen) atoms. The van der Waals surface area contributed by atoms with Gasteiger partial charge in [-0.15, -0.1) is 0 Å². The first-order chi connectivity index (χ1) is 21.7. The number of aromatic nitrogens is 2. The molecule has 0 aliphatic heterocycles. The first kappa shape index (κ1) is 38.8. The third-order valence-corrected chi connectivity index (χ3v) is 7.99. The van der Waals surface area contributed by atoms with Gasteiger partial charge in [0.25, 0.3) is 5.91 Å². The molecule has 0 spiro atoms. The maximum Gasteiger partial charge on any atom is 0.490 e. The summed E-state index contributed by atoms with van der Waals surface area (Å²) in [6, 6.07) is 6.28. The van der Waals surface area contributed by atoms with Crippen LogP contribution in [0.4, 0.5) is 32.2 Å². The summed E-state index contributed by atoms with van der Waals surface area (Å²) >= 11 is 0. The fraction of sp³-hybridized carbons (Fsp3) is 0.586. The molecule has 262 valence electrons. The summed E-state index contributed by atoms with van der Waals surface area (Å²) in [4.78, 5) is 40.3. The van der Waals surface area contributed by atoms with Gasteiger partial charge in [-0.3, -0.25) is 10.2 Å². The summed E-state index contributed by atoms with van der Waals surface area (Å²) in [5.41, 5.74) is 7.49. The molecule has 0 saturated heterocycles. The van der Waals surface area contributed by atoms with Crippen molar-refractivity contribution in [3.8, 4) is 0 Å². The summed E-state index contributed by atoms with van der Waals surface area (Å²) < 4.78 is 63.5. The van der Waals surface area contributed by atoms with Crippen LogP contribution < -0.4 is 21.7 Å². The number of hydrogen-bond donors (Lipinski definition) is 7. The average Bonchev–Trinajstić information content (AvgIpc) is 2.96. The highest BCUT2D eigenvalue weighted by Crippen LogP contribution is 2.30. The molecule has 1 amide bonds. The number of carboxylic acid groups (broad SMARTS) is 2. The Balaban J connectivity index is 0.000000459. The van der Waals surface area contributed by atoms with Crippen molar-refractivity contribution in [1.29, 1.82) is 5.41 Å². The van der Waals surface area contributed by atoms with Crippen molar-refractivity contribution in [3.63, 3.8) is 0 Å². The number of alkyl halides is 6. The van der Waals surface area contributed by atoms with Crippen LogP contribution in [0.5, 0.6) is 0 Å². The van der Waals surface area contributed by atoms with Crippen LogP contribution in [-0.4, -0.2) is 74.5 Å². The van der Waals surface area contributed by atoms with Gasteiger partial charge in [-0.05, 0) is 50.2 Å². The molecule has 0 bridgehead atoms. The lowest BCUT2D eigenvalue weighted by Gasteiger charge is -2.34. The van der Waals surface area contributed by atoms with Crippen molar-refractivity contribution in [1.82, 2.24) is 20.6 Å². The van der Waals surface area contributed by atoms with Crippen molar-refractivity contribution in [2.45, 2.75) is 96.2 Å². The molecule has 8 N–H and O–H groups in total. The van der Waals surface area contributed by atoms with Crippen molar-refractivity contribution in [3.05, 3.63) is 29.6 Å². The second kappa shape index (κ2) is 16.4. The number of nitrogens with one attached hydrogen (secondary N) is 4. The molecule has 1 aromatic carbocycles. The number of aryl methyl sites for hydroxylation is 1. The number of benzene rings is 1. The third kappa shape index (κ3) is 12.1. The van der Waals surface area contributed by atoms with Crippen LogP contribution in [0, 0.1) is 24.2 Å². The summed E-state index contributed by atoms with van der Waals surface area (Å²) in [5.74, 6) is -3.85. The smallest absolute Gasteiger partial charge is 0.475 e. The summed E-state index contributed by atoms with van der Waals surface area (Å²) in [5, 5.41) is 32.7. The van der Waals surface area contributed by atoms with E-state index in [-0.39, 0.29) is 35.8 Å². The van der Waals surface area contributed by atoms with E-state index in [1.807, 2.05) is 19.1 Å². The number of anilines is 1. The van der Waals surface area contributed by atoms with Crippen LogP contribution >= 0.6 is 0 Å². The number of rotatable bonds is 5. The quantitative estimate of drug-likeness (QED) is 0.129. The number of amides is 1. The predicted molar refractivity (Wildman–Crippen MR) is 160 cm³/mol. The molecule has 2 aromatic rings. The number of carbonyl (C=O) groups is 3. The van der Waals surface area contributed by atoms with Gasteiger partial charge in [0.15, 0.2) is 5.96 Å². The highest BCUT2D eigenvalue weighted by atomic mass is 19.4. The molecule has 1 aromatic heterocycles. The minimum absolute atomic E-state index is 0.0204. The molecule has 2 saturated carbocycles. The number of carbonyl (C=O) groups excluding carboxylic acids is 1. The van der Waals surface area contributed by atoms with Crippen LogP contribution in [0.2, 0.25) is 0 Å². The minimum Gasteiger partial charge on any atom is -0.475 e. The van der Waals surface area contributed by atoms with Crippen LogP contribution in [0.15, 0.2) is 18.2 Å². The number of nitrogens with two attached hydrogens (primary N) is 1. The zero-order chi connectivity index (χ0) is 35.7. The molecule has 5 unspecified atom stereocenters. The molecule has 4 rings (SSSR count). The van der Waals surface area contributed by atoms with Gasteiger partial charge in [0.2, 0.25) is 5.82 Å². The molecule has 18 heteroatoms. The zero-order valence-corrected chi connectivity index (χ0v) is 25.9. The van der Waals surface area contributed by atoms with Gasteiger partial charge in [0.05, 0.1) is 5.52 Å². The molecule has 2 aliphatic carbocycles. The van der Waals surface area contributed by atoms with E-state index in [0.29, 0.717) is 17.7 Å². The van der Waals surface area contributed by atoms with Crippen molar-refractivity contribution >= 4 is 40.5 Å². The predicted octanol–water partition coefficient (Wildman–Crippen LogP) is 4.97. The van der Waals surface area contributed by atoms with Gasteiger partial charge in [0, 0.05) is 23.5 Å². The number of nitrogens with zero attached hydrogens (tertiary/aromatic N) is 2. The lowest BCUT2D eigenvalue weighted by Crippen LogP contribution is -2.50. The zero-order valence-electron chi connectivity index (χ0n) is 25.9. The van der Waals surface area contributed by atoms with Gasteiger partial charge in [-0.1, -0.05) is 51.2 Å². The molecule has 5 atom stereocenters. The Labute approximate surface area is 266 Å². The van der Waals surface area contributed by atoms with Crippen molar-refractivity contribution in [2.75, 3.05) is 5.32 Å². The van der Waals surface area contributed by atoms with Crippen molar-refractivity contribution < 1.29 is 50.9 Å². The summed E-state index contributed by atoms with van der Waals surface area (Å²) in [7, 11) is 0. The molecule has 12 nitrogen and oxygen atoms in total. The van der Waals surface area contributed by atoms with E-state index in [2.05, 4.69) is 40.8 Å². The molecular weight excluding hydrogens is 640 g/mol. The number of fused-ring (bicyclic) bond motifs is 1. The van der Waals surface area contributed by atoms with Crippen LogP contribution in [0.25, 0.3) is 10.9 Å². The van der Waals surface area contributed by atoms with E-state index in [1.165, 1.54) is 6.42 Å². The van der Waals surface area contributed by atoms with E-state index in [0.717, 1.165) is 55.0 Å². The molecular formula is C29H39F6N7O5. The lowest BCUT2D eigenvalue weighted by molar-refractivity contribution is -0.193. The monoisotopic (exact) mass is 679 g/mol. The Morgan fingerprint density at radius 3 is 1.91 bits per heavy atom. The second-order valence-electron chi connectivity index (χ2n) is 11.6. The van der Waals surface area contributed by atoms with Gasteiger partial charge in [-0.25, -0.2) is 19.6 Å². The fourth-order valence-electron chi connectivity index (χ4n) is 5.32. The van der Waals surface area contributed by atoms with E-state index < -0.39 is 24.3 Å². The van der Waals surface area contributed by atoms with Crippen LogP contribution in [0.1, 0.15) is 75.0 Å². The topological polar surface area (TPSA) is 203 Å². The first-order valence-electron chi connectivity index (χ1n) is 14.8. The van der Waals surface area contributed by atoms with Gasteiger partial charge < -0.3 is 31.9 Å². The van der Waals surface area contributed by atoms with E-state index >= 15 is 0 Å². The largest absolute Gasteiger partial charge is 0.490 e. The van der Waals surface area contributed by atoms with Crippen LogP contribution in [-0.2, 0) is 9.59 Å². The Bertz CT molecular complexity index is 1400. The first-order valence-corrected chi connectivity index (χ1v) is 14.8. The maximum absolute atomic E-state index is 13.2. The summed E-state index contributed by atoms with van der Waals surface area (Å²) in [6.07, 6.45) is -2.75. The van der Waals surface area contributed by atoms with E-state index in [9.17, 15) is 31.1 Å². The summed E-state index contributed by atoms with van der Waals surface area (Å²) in [6.45, 7) is 6.52. The number of hydrogen-bond acceptors (Lipinski definition) is 7. The average molecular weight is 680 g/mol. The van der Waals surface area contributed by atoms with Crippen LogP contribution in [0.3, 0.4) is 0 Å². The highest BCUT2D eigenvalue weighted by Gasteiger charge is 2.39. The normalized spacial score (nSPS) is 22.8. The molecule has 0 radical (unpaired) electrons. The molecule has 2 fully saturated rings.